The average Bonchev–Trinajstić information content (AvgIpc) is 2.68. The lowest BCUT2D eigenvalue weighted by Crippen LogP contribution is -2.53. The monoisotopic (exact) mass is 480 g/mol. The van der Waals surface area contributed by atoms with E-state index in [1.165, 1.54) is 17.3 Å². The van der Waals surface area contributed by atoms with Crippen LogP contribution < -0.4 is 5.32 Å². The van der Waals surface area contributed by atoms with Crippen LogP contribution in [0, 0.1) is 6.92 Å². The third-order valence-corrected chi connectivity index (χ3v) is 6.34. The molecule has 2 aromatic rings. The number of thioether (sulfide) groups is 1. The lowest BCUT2D eigenvalue weighted by molar-refractivity contribution is -0.140. The second-order valence-electron chi connectivity index (χ2n) is 8.54. The number of rotatable bonds is 8. The fourth-order valence-corrected chi connectivity index (χ4v) is 4.17. The van der Waals surface area contributed by atoms with Gasteiger partial charge in [0.2, 0.25) is 11.8 Å². The minimum Gasteiger partial charge on any atom is -0.350 e. The molecule has 4 nitrogen and oxygen atoms in total. The number of benzene rings is 2. The van der Waals surface area contributed by atoms with Crippen LogP contribution in [-0.4, -0.2) is 34.0 Å². The molecule has 0 aliphatic rings. The van der Waals surface area contributed by atoms with E-state index in [2.05, 4.69) is 5.32 Å². The number of carbonyl (C=O) groups is 2. The number of hydrogen-bond donors (Lipinski definition) is 1. The van der Waals surface area contributed by atoms with Gasteiger partial charge in [-0.05, 0) is 63.9 Å². The molecule has 31 heavy (non-hydrogen) atoms. The van der Waals surface area contributed by atoms with Gasteiger partial charge >= 0.3 is 0 Å². The zero-order valence-corrected chi connectivity index (χ0v) is 21.0. The molecule has 0 fully saturated rings. The first kappa shape index (κ1) is 25.6. The smallest absolute Gasteiger partial charge is 0.243 e. The molecular weight excluding hydrogens is 451 g/mol. The quantitative estimate of drug-likeness (QED) is 0.463. The van der Waals surface area contributed by atoms with Crippen LogP contribution in [0.2, 0.25) is 10.0 Å². The van der Waals surface area contributed by atoms with Gasteiger partial charge in [0, 0.05) is 17.0 Å². The van der Waals surface area contributed by atoms with Gasteiger partial charge in [-0.1, -0.05) is 53.9 Å². The van der Waals surface area contributed by atoms with Gasteiger partial charge in [0.15, 0.2) is 0 Å². The maximum Gasteiger partial charge on any atom is 0.243 e. The molecule has 2 amide bonds. The Hall–Kier alpha value is -1.69. The first-order chi connectivity index (χ1) is 14.5. The zero-order chi connectivity index (χ0) is 23.2. The summed E-state index contributed by atoms with van der Waals surface area (Å²) in [4.78, 5) is 28.9. The summed E-state index contributed by atoms with van der Waals surface area (Å²) in [6, 6.07) is 12.7. The van der Waals surface area contributed by atoms with Gasteiger partial charge < -0.3 is 10.2 Å². The van der Waals surface area contributed by atoms with Gasteiger partial charge in [0.1, 0.15) is 6.04 Å². The predicted molar refractivity (Wildman–Crippen MR) is 131 cm³/mol. The number of amides is 2. The van der Waals surface area contributed by atoms with Crippen molar-refractivity contribution in [2.24, 2.45) is 0 Å². The predicted octanol–water partition coefficient (Wildman–Crippen LogP) is 6.12. The highest BCUT2D eigenvalue weighted by atomic mass is 35.5. The number of aryl methyl sites for hydroxylation is 1. The summed E-state index contributed by atoms with van der Waals surface area (Å²) in [5.74, 6) is -0.0275. The highest BCUT2D eigenvalue weighted by molar-refractivity contribution is 8.00. The number of nitrogens with one attached hydrogen (secondary N) is 1. The van der Waals surface area contributed by atoms with Gasteiger partial charge in [-0.2, -0.15) is 0 Å². The third-order valence-electron chi connectivity index (χ3n) is 4.60. The average molecular weight is 481 g/mol. The molecule has 0 spiro atoms. The lowest BCUT2D eigenvalue weighted by atomic mass is 10.1. The van der Waals surface area contributed by atoms with Gasteiger partial charge in [-0.25, -0.2) is 0 Å². The Balaban J connectivity index is 2.25. The summed E-state index contributed by atoms with van der Waals surface area (Å²) in [5.41, 5.74) is 1.60. The molecule has 2 rings (SSSR count). The van der Waals surface area contributed by atoms with Gasteiger partial charge in [-0.3, -0.25) is 9.59 Å². The molecule has 1 atom stereocenters. The normalized spacial score (nSPS) is 12.4. The van der Waals surface area contributed by atoms with E-state index in [-0.39, 0.29) is 29.7 Å². The van der Waals surface area contributed by atoms with Gasteiger partial charge in [-0.15, -0.1) is 11.8 Å². The summed E-state index contributed by atoms with van der Waals surface area (Å²) < 4.78 is 0. The minimum absolute atomic E-state index is 0.104. The van der Waals surface area contributed by atoms with Crippen molar-refractivity contribution in [3.8, 4) is 0 Å². The van der Waals surface area contributed by atoms with Crippen molar-refractivity contribution >= 4 is 46.8 Å². The van der Waals surface area contributed by atoms with Crippen LogP contribution in [0.1, 0.15) is 45.2 Å². The maximum absolute atomic E-state index is 13.3. The number of carbonyl (C=O) groups excluding carboxylic acids is 2. The first-order valence-electron chi connectivity index (χ1n) is 10.2. The highest BCUT2D eigenvalue weighted by Gasteiger charge is 2.30. The molecule has 0 heterocycles. The Morgan fingerprint density at radius 2 is 1.71 bits per heavy atom. The summed E-state index contributed by atoms with van der Waals surface area (Å²) >= 11 is 13.7. The van der Waals surface area contributed by atoms with Crippen molar-refractivity contribution < 1.29 is 9.59 Å². The van der Waals surface area contributed by atoms with Crippen LogP contribution in [0.4, 0.5) is 0 Å². The molecule has 1 N–H and O–H groups in total. The molecule has 7 heteroatoms. The fraction of sp³-hybridized carbons (Fsp3) is 0.417. The van der Waals surface area contributed by atoms with Crippen molar-refractivity contribution in [1.82, 2.24) is 10.2 Å². The van der Waals surface area contributed by atoms with E-state index in [9.17, 15) is 9.59 Å². The molecule has 168 valence electrons. The second kappa shape index (κ2) is 11.3. The van der Waals surface area contributed by atoms with Crippen molar-refractivity contribution in [1.29, 1.82) is 0 Å². The first-order valence-corrected chi connectivity index (χ1v) is 12.0. The molecule has 0 bridgehead atoms. The van der Waals surface area contributed by atoms with Crippen LogP contribution in [0.15, 0.2) is 47.4 Å². The largest absolute Gasteiger partial charge is 0.350 e. The Bertz CT molecular complexity index is 911. The van der Waals surface area contributed by atoms with Crippen molar-refractivity contribution in [2.75, 3.05) is 5.75 Å². The second-order valence-corrected chi connectivity index (χ2v) is 10.4. The molecule has 0 saturated heterocycles. The summed E-state index contributed by atoms with van der Waals surface area (Å²) in [5, 5.41) is 3.88. The van der Waals surface area contributed by atoms with Crippen LogP contribution in [-0.2, 0) is 16.1 Å². The zero-order valence-electron chi connectivity index (χ0n) is 18.7. The number of hydrogen-bond acceptors (Lipinski definition) is 3. The number of nitrogens with zero attached hydrogens (tertiary/aromatic N) is 1. The standard InChI is InChI=1S/C24H30Cl2N2O2S/c1-6-21(23(30)27-24(3,4)5)28(14-17-9-12-19(25)20(26)13-17)22(29)15-31-18-10-7-16(2)8-11-18/h7-13,21H,6,14-15H2,1-5H3,(H,27,30)/t21-/m0/s1. The molecule has 0 aromatic heterocycles. The maximum atomic E-state index is 13.3. The molecule has 2 aromatic carbocycles. The third kappa shape index (κ3) is 8.06. The van der Waals surface area contributed by atoms with Crippen LogP contribution in [0.3, 0.4) is 0 Å². The molecule has 0 radical (unpaired) electrons. The SMILES string of the molecule is CC[C@@H](C(=O)NC(C)(C)C)N(Cc1ccc(Cl)c(Cl)c1)C(=O)CSc1ccc(C)cc1. The van der Waals surface area contributed by atoms with E-state index < -0.39 is 6.04 Å². The number of halogens is 2. The Morgan fingerprint density at radius 3 is 2.26 bits per heavy atom. The van der Waals surface area contributed by atoms with Gasteiger partial charge in [0.25, 0.3) is 0 Å². The summed E-state index contributed by atoms with van der Waals surface area (Å²) in [7, 11) is 0. The van der Waals surface area contributed by atoms with Crippen molar-refractivity contribution in [2.45, 2.75) is 64.1 Å². The Labute approximate surface area is 199 Å². The van der Waals surface area contributed by atoms with Crippen LogP contribution in [0.25, 0.3) is 0 Å². The van der Waals surface area contributed by atoms with E-state index in [1.807, 2.05) is 65.0 Å². The van der Waals surface area contributed by atoms with Crippen LogP contribution >= 0.6 is 35.0 Å². The topological polar surface area (TPSA) is 49.4 Å². The molecule has 0 aliphatic heterocycles. The van der Waals surface area contributed by atoms with Crippen molar-refractivity contribution in [3.05, 3.63) is 63.6 Å². The van der Waals surface area contributed by atoms with E-state index >= 15 is 0 Å². The van der Waals surface area contributed by atoms with Gasteiger partial charge in [0.05, 0.1) is 15.8 Å². The van der Waals surface area contributed by atoms with E-state index in [0.717, 1.165) is 10.5 Å². The molecule has 0 unspecified atom stereocenters. The highest BCUT2D eigenvalue weighted by Crippen LogP contribution is 2.25. The summed E-state index contributed by atoms with van der Waals surface area (Å²) in [6.07, 6.45) is 0.504. The molecule has 0 aliphatic carbocycles. The van der Waals surface area contributed by atoms with E-state index in [1.54, 1.807) is 17.0 Å². The molecule has 0 saturated carbocycles. The Kier molecular flexibility index (Phi) is 9.28. The lowest BCUT2D eigenvalue weighted by Gasteiger charge is -2.33. The Morgan fingerprint density at radius 1 is 1.06 bits per heavy atom. The molecular formula is C24H30Cl2N2O2S. The van der Waals surface area contributed by atoms with Crippen molar-refractivity contribution in [3.63, 3.8) is 0 Å². The minimum atomic E-state index is -0.584. The fourth-order valence-electron chi connectivity index (χ4n) is 3.07. The van der Waals surface area contributed by atoms with E-state index in [0.29, 0.717) is 16.5 Å². The van der Waals surface area contributed by atoms with E-state index in [4.69, 9.17) is 23.2 Å². The summed E-state index contributed by atoms with van der Waals surface area (Å²) in [6.45, 7) is 10.00. The van der Waals surface area contributed by atoms with Crippen LogP contribution in [0.5, 0.6) is 0 Å².